The molecule has 0 radical (unpaired) electrons. The van der Waals surface area contributed by atoms with Crippen LogP contribution in [-0.2, 0) is 21.2 Å². The third kappa shape index (κ3) is 4.35. The van der Waals surface area contributed by atoms with Gasteiger partial charge in [-0.3, -0.25) is 4.79 Å². The first kappa shape index (κ1) is 19.1. The Bertz CT molecular complexity index is 1090. The molecule has 142 valence electrons. The van der Waals surface area contributed by atoms with Gasteiger partial charge in [0.2, 0.25) is 15.9 Å². The molecule has 0 aliphatic carbocycles. The maximum atomic E-state index is 13.5. The number of aromatic nitrogens is 1. The fraction of sp³-hybridized carbons (Fsp3) is 0.211. The lowest BCUT2D eigenvalue weighted by atomic mass is 10.1. The third-order valence-electron chi connectivity index (χ3n) is 4.23. The number of fused-ring (bicyclic) bond motifs is 1. The van der Waals surface area contributed by atoms with Crippen LogP contribution in [0.5, 0.6) is 0 Å². The van der Waals surface area contributed by atoms with Gasteiger partial charge in [0.25, 0.3) is 0 Å². The van der Waals surface area contributed by atoms with Crippen LogP contribution in [0.25, 0.3) is 10.9 Å². The summed E-state index contributed by atoms with van der Waals surface area (Å²) >= 11 is 0. The van der Waals surface area contributed by atoms with Crippen molar-refractivity contribution in [3.63, 3.8) is 0 Å². The van der Waals surface area contributed by atoms with E-state index in [1.807, 2.05) is 6.92 Å². The van der Waals surface area contributed by atoms with Crippen molar-refractivity contribution < 1.29 is 17.6 Å². The number of rotatable bonds is 6. The molecule has 0 bridgehead atoms. The maximum absolute atomic E-state index is 13.5. The molecule has 3 N–H and O–H groups in total. The molecule has 0 aliphatic heterocycles. The first-order chi connectivity index (χ1) is 12.8. The van der Waals surface area contributed by atoms with E-state index in [1.54, 1.807) is 6.07 Å². The van der Waals surface area contributed by atoms with Gasteiger partial charge in [0, 0.05) is 35.8 Å². The summed E-state index contributed by atoms with van der Waals surface area (Å²) in [7, 11) is -3.68. The second-order valence-electron chi connectivity index (χ2n) is 6.27. The van der Waals surface area contributed by atoms with E-state index in [4.69, 9.17) is 0 Å². The predicted octanol–water partition coefficient (Wildman–Crippen LogP) is 3.09. The van der Waals surface area contributed by atoms with Gasteiger partial charge in [0.1, 0.15) is 5.82 Å². The molecule has 1 amide bonds. The number of aromatic amines is 1. The molecule has 0 fully saturated rings. The molecule has 0 unspecified atom stereocenters. The molecule has 0 atom stereocenters. The highest BCUT2D eigenvalue weighted by atomic mass is 32.2. The predicted molar refractivity (Wildman–Crippen MR) is 103 cm³/mol. The van der Waals surface area contributed by atoms with Crippen molar-refractivity contribution in [3.05, 3.63) is 59.5 Å². The highest BCUT2D eigenvalue weighted by Gasteiger charge is 2.15. The second-order valence-corrected chi connectivity index (χ2v) is 8.04. The van der Waals surface area contributed by atoms with Gasteiger partial charge in [0.05, 0.1) is 4.90 Å². The van der Waals surface area contributed by atoms with Crippen LogP contribution in [0.3, 0.4) is 0 Å². The molecule has 0 aliphatic rings. The van der Waals surface area contributed by atoms with Crippen LogP contribution >= 0.6 is 0 Å². The Kier molecular flexibility index (Phi) is 5.29. The number of aryl methyl sites for hydroxylation is 1. The number of sulfonamides is 1. The van der Waals surface area contributed by atoms with Crippen molar-refractivity contribution >= 4 is 32.5 Å². The van der Waals surface area contributed by atoms with Crippen molar-refractivity contribution in [3.8, 4) is 0 Å². The van der Waals surface area contributed by atoms with Crippen LogP contribution in [0.4, 0.5) is 10.1 Å². The van der Waals surface area contributed by atoms with E-state index in [2.05, 4.69) is 15.0 Å². The van der Waals surface area contributed by atoms with Gasteiger partial charge in [-0.05, 0) is 61.4 Å². The number of hydrogen-bond donors (Lipinski definition) is 3. The minimum Gasteiger partial charge on any atom is -0.358 e. The van der Waals surface area contributed by atoms with Gasteiger partial charge in [-0.15, -0.1) is 0 Å². The number of carbonyl (C=O) groups is 1. The molecule has 0 spiro atoms. The molecule has 1 aromatic heterocycles. The van der Waals surface area contributed by atoms with E-state index < -0.39 is 10.0 Å². The SMILES string of the molecule is CC(=O)Nc1ccc(S(=O)(=O)NCCc2c(C)[nH]c3ccc(F)cc23)cc1. The fourth-order valence-electron chi connectivity index (χ4n) is 2.99. The van der Waals surface area contributed by atoms with Gasteiger partial charge in [-0.1, -0.05) is 0 Å². The Hall–Kier alpha value is -2.71. The molecular formula is C19H20FN3O3S. The van der Waals surface area contributed by atoms with Crippen LogP contribution in [0.1, 0.15) is 18.2 Å². The number of hydrogen-bond acceptors (Lipinski definition) is 3. The molecular weight excluding hydrogens is 369 g/mol. The average molecular weight is 389 g/mol. The summed E-state index contributed by atoms with van der Waals surface area (Å²) in [6.45, 7) is 3.44. The van der Waals surface area contributed by atoms with Crippen molar-refractivity contribution in [2.45, 2.75) is 25.2 Å². The van der Waals surface area contributed by atoms with Gasteiger partial charge in [-0.25, -0.2) is 17.5 Å². The summed E-state index contributed by atoms with van der Waals surface area (Å²) in [5, 5.41) is 3.34. The summed E-state index contributed by atoms with van der Waals surface area (Å²) in [5.74, 6) is -0.558. The highest BCUT2D eigenvalue weighted by Crippen LogP contribution is 2.23. The van der Waals surface area contributed by atoms with Crippen LogP contribution in [0.2, 0.25) is 0 Å². The Morgan fingerprint density at radius 1 is 1.15 bits per heavy atom. The number of anilines is 1. The van der Waals surface area contributed by atoms with Crippen LogP contribution in [0.15, 0.2) is 47.4 Å². The molecule has 8 heteroatoms. The number of carbonyl (C=O) groups excluding carboxylic acids is 1. The van der Waals surface area contributed by atoms with Gasteiger partial charge in [-0.2, -0.15) is 0 Å². The topological polar surface area (TPSA) is 91.1 Å². The van der Waals surface area contributed by atoms with Crippen LogP contribution in [0, 0.1) is 12.7 Å². The first-order valence-corrected chi connectivity index (χ1v) is 9.88. The Morgan fingerprint density at radius 3 is 2.52 bits per heavy atom. The van der Waals surface area contributed by atoms with E-state index in [-0.39, 0.29) is 23.2 Å². The summed E-state index contributed by atoms with van der Waals surface area (Å²) in [6, 6.07) is 10.4. The molecule has 2 aromatic carbocycles. The first-order valence-electron chi connectivity index (χ1n) is 8.40. The van der Waals surface area contributed by atoms with Crippen molar-refractivity contribution in [1.82, 2.24) is 9.71 Å². The molecule has 27 heavy (non-hydrogen) atoms. The quantitative estimate of drug-likeness (QED) is 0.605. The van der Waals surface area contributed by atoms with Crippen LogP contribution in [-0.4, -0.2) is 25.9 Å². The van der Waals surface area contributed by atoms with Gasteiger partial charge in [0.15, 0.2) is 0 Å². The molecule has 3 aromatic rings. The van der Waals surface area contributed by atoms with E-state index in [0.717, 1.165) is 22.2 Å². The van der Waals surface area contributed by atoms with E-state index in [0.29, 0.717) is 12.1 Å². The second kappa shape index (κ2) is 7.50. The summed E-state index contributed by atoms with van der Waals surface area (Å²) in [4.78, 5) is 14.3. The van der Waals surface area contributed by atoms with Crippen LogP contribution < -0.4 is 10.0 Å². The number of halogens is 1. The Balaban J connectivity index is 1.70. The Labute approximate surface area is 156 Å². The number of amides is 1. The Morgan fingerprint density at radius 2 is 1.85 bits per heavy atom. The van der Waals surface area contributed by atoms with Crippen molar-refractivity contribution in [1.29, 1.82) is 0 Å². The molecule has 1 heterocycles. The summed E-state index contributed by atoms with van der Waals surface area (Å²) in [6.07, 6.45) is 0.429. The van der Waals surface area contributed by atoms with E-state index >= 15 is 0 Å². The van der Waals surface area contributed by atoms with Gasteiger partial charge >= 0.3 is 0 Å². The maximum Gasteiger partial charge on any atom is 0.240 e. The number of H-pyrrole nitrogens is 1. The minimum absolute atomic E-state index is 0.110. The third-order valence-corrected chi connectivity index (χ3v) is 5.71. The zero-order chi connectivity index (χ0) is 19.6. The smallest absolute Gasteiger partial charge is 0.240 e. The molecule has 0 saturated carbocycles. The van der Waals surface area contributed by atoms with Crippen molar-refractivity contribution in [2.75, 3.05) is 11.9 Å². The highest BCUT2D eigenvalue weighted by molar-refractivity contribution is 7.89. The molecule has 0 saturated heterocycles. The number of nitrogens with one attached hydrogen (secondary N) is 3. The fourth-order valence-corrected chi connectivity index (χ4v) is 4.02. The lowest BCUT2D eigenvalue weighted by molar-refractivity contribution is -0.114. The average Bonchev–Trinajstić information content (AvgIpc) is 2.90. The largest absolute Gasteiger partial charge is 0.358 e. The zero-order valence-electron chi connectivity index (χ0n) is 15.0. The lowest BCUT2D eigenvalue weighted by Gasteiger charge is -2.08. The normalized spacial score (nSPS) is 11.7. The van der Waals surface area contributed by atoms with E-state index in [1.165, 1.54) is 43.3 Å². The molecule has 6 nitrogen and oxygen atoms in total. The summed E-state index contributed by atoms with van der Waals surface area (Å²) in [5.41, 5.74) is 3.11. The standard InChI is InChI=1S/C19H20FN3O3S/c1-12-17(18-11-14(20)3-8-19(18)22-12)9-10-21-27(25,26)16-6-4-15(5-7-16)23-13(2)24/h3-8,11,21-22H,9-10H2,1-2H3,(H,23,24). The van der Waals surface area contributed by atoms with Crippen molar-refractivity contribution in [2.24, 2.45) is 0 Å². The molecule has 3 rings (SSSR count). The number of benzene rings is 2. The van der Waals surface area contributed by atoms with Gasteiger partial charge < -0.3 is 10.3 Å². The summed E-state index contributed by atoms with van der Waals surface area (Å²) < 4.78 is 40.9. The lowest BCUT2D eigenvalue weighted by Crippen LogP contribution is -2.26. The minimum atomic E-state index is -3.68. The monoisotopic (exact) mass is 389 g/mol. The van der Waals surface area contributed by atoms with E-state index in [9.17, 15) is 17.6 Å². The zero-order valence-corrected chi connectivity index (χ0v) is 15.8.